The standard InChI is InChI=1S/C22H27ClN6O4S/c1-27(2)34(31,32)29(13-21(24)30)22-10-17(18(23)11-25-22)16-3-4-19-20(9-16)28(14-26-19)12-15-5-7-33-8-6-15/h3-4,9-11,14-15H,5-8,12-13H2,1-2H3,(H2,24,30). The van der Waals surface area contributed by atoms with Crippen LogP contribution in [0.15, 0.2) is 36.8 Å². The molecule has 1 aliphatic rings. The Morgan fingerprint density at radius 1 is 1.24 bits per heavy atom. The number of hydrogen-bond donors (Lipinski definition) is 1. The van der Waals surface area contributed by atoms with Gasteiger partial charge in [0.1, 0.15) is 12.4 Å². The monoisotopic (exact) mass is 506 g/mol. The third-order valence-corrected chi connectivity index (χ3v) is 7.96. The second-order valence-corrected chi connectivity index (χ2v) is 10.9. The third kappa shape index (κ3) is 5.02. The summed E-state index contributed by atoms with van der Waals surface area (Å²) in [6.45, 7) is 1.84. The Morgan fingerprint density at radius 2 is 1.97 bits per heavy atom. The quantitative estimate of drug-likeness (QED) is 0.500. The normalized spacial score (nSPS) is 15.2. The first-order valence-electron chi connectivity index (χ1n) is 10.8. The van der Waals surface area contributed by atoms with Crippen molar-refractivity contribution in [3.63, 3.8) is 0 Å². The van der Waals surface area contributed by atoms with Crippen molar-refractivity contribution in [1.82, 2.24) is 18.8 Å². The molecule has 1 aromatic carbocycles. The Hall–Kier alpha value is -2.73. The van der Waals surface area contributed by atoms with E-state index < -0.39 is 22.7 Å². The van der Waals surface area contributed by atoms with Crippen molar-refractivity contribution < 1.29 is 17.9 Å². The van der Waals surface area contributed by atoms with Gasteiger partial charge in [0.05, 0.1) is 22.4 Å². The summed E-state index contributed by atoms with van der Waals surface area (Å²) in [7, 11) is -1.27. The SMILES string of the molecule is CN(C)S(=O)(=O)N(CC(N)=O)c1cc(-c2ccc3ncn(CC4CCOCC4)c3c2)c(Cl)cn1. The maximum Gasteiger partial charge on any atom is 0.305 e. The van der Waals surface area contributed by atoms with E-state index in [0.29, 0.717) is 16.5 Å². The van der Waals surface area contributed by atoms with Gasteiger partial charge in [-0.3, -0.25) is 4.79 Å². The molecule has 2 aromatic heterocycles. The molecule has 34 heavy (non-hydrogen) atoms. The Labute approximate surface area is 203 Å². The number of aromatic nitrogens is 3. The van der Waals surface area contributed by atoms with E-state index in [4.69, 9.17) is 22.1 Å². The van der Waals surface area contributed by atoms with Crippen LogP contribution < -0.4 is 10.0 Å². The Bertz CT molecular complexity index is 1300. The van der Waals surface area contributed by atoms with Crippen LogP contribution >= 0.6 is 11.6 Å². The van der Waals surface area contributed by atoms with Crippen molar-refractivity contribution in [2.24, 2.45) is 11.7 Å². The fourth-order valence-electron chi connectivity index (χ4n) is 3.98. The molecule has 0 unspecified atom stereocenters. The molecule has 1 saturated heterocycles. The fourth-order valence-corrected chi connectivity index (χ4v) is 5.21. The zero-order chi connectivity index (χ0) is 24.5. The largest absolute Gasteiger partial charge is 0.381 e. The van der Waals surface area contributed by atoms with Crippen LogP contribution in [0, 0.1) is 5.92 Å². The van der Waals surface area contributed by atoms with E-state index >= 15 is 0 Å². The lowest BCUT2D eigenvalue weighted by atomic mass is 10.00. The average molecular weight is 507 g/mol. The average Bonchev–Trinajstić information content (AvgIpc) is 3.20. The summed E-state index contributed by atoms with van der Waals surface area (Å²) >= 11 is 6.47. The lowest BCUT2D eigenvalue weighted by molar-refractivity contribution is -0.116. The number of amides is 1. The van der Waals surface area contributed by atoms with E-state index in [1.165, 1.54) is 20.3 Å². The first kappa shape index (κ1) is 24.4. The molecule has 0 bridgehead atoms. The minimum atomic E-state index is -4.01. The van der Waals surface area contributed by atoms with E-state index in [9.17, 15) is 13.2 Å². The highest BCUT2D eigenvalue weighted by atomic mass is 35.5. The molecule has 12 heteroatoms. The van der Waals surface area contributed by atoms with Gasteiger partial charge >= 0.3 is 10.2 Å². The lowest BCUT2D eigenvalue weighted by Gasteiger charge is -2.25. The molecule has 182 valence electrons. The molecule has 3 heterocycles. The van der Waals surface area contributed by atoms with Crippen molar-refractivity contribution in [3.8, 4) is 11.1 Å². The van der Waals surface area contributed by atoms with Crippen molar-refractivity contribution in [3.05, 3.63) is 41.8 Å². The van der Waals surface area contributed by atoms with Gasteiger partial charge in [0, 0.05) is 45.6 Å². The van der Waals surface area contributed by atoms with Crippen molar-refractivity contribution in [2.45, 2.75) is 19.4 Å². The van der Waals surface area contributed by atoms with Crippen LogP contribution in [0.5, 0.6) is 0 Å². The summed E-state index contributed by atoms with van der Waals surface area (Å²) < 4.78 is 35.1. The van der Waals surface area contributed by atoms with Crippen LogP contribution in [0.25, 0.3) is 22.2 Å². The minimum absolute atomic E-state index is 0.0442. The molecule has 0 spiro atoms. The number of hydrogen-bond acceptors (Lipinski definition) is 6. The number of fused-ring (bicyclic) bond motifs is 1. The topological polar surface area (TPSA) is 124 Å². The smallest absolute Gasteiger partial charge is 0.305 e. The summed E-state index contributed by atoms with van der Waals surface area (Å²) in [4.78, 5) is 20.3. The first-order chi connectivity index (χ1) is 16.2. The van der Waals surface area contributed by atoms with Crippen LogP contribution in [0.1, 0.15) is 12.8 Å². The molecular weight excluding hydrogens is 480 g/mol. The van der Waals surface area contributed by atoms with Crippen LogP contribution in [0.4, 0.5) is 5.82 Å². The van der Waals surface area contributed by atoms with Crippen LogP contribution in [0.3, 0.4) is 0 Å². The van der Waals surface area contributed by atoms with E-state index in [0.717, 1.165) is 57.8 Å². The third-order valence-electron chi connectivity index (χ3n) is 5.86. The number of rotatable bonds is 8. The Kier molecular flexibility index (Phi) is 7.08. The van der Waals surface area contributed by atoms with Gasteiger partial charge in [-0.2, -0.15) is 12.7 Å². The van der Waals surface area contributed by atoms with Crippen LogP contribution in [0.2, 0.25) is 5.02 Å². The van der Waals surface area contributed by atoms with Gasteiger partial charge in [0.25, 0.3) is 0 Å². The van der Waals surface area contributed by atoms with Crippen molar-refractivity contribution >= 4 is 44.6 Å². The molecule has 0 radical (unpaired) electrons. The molecule has 3 aromatic rings. The predicted molar refractivity (Wildman–Crippen MR) is 131 cm³/mol. The van der Waals surface area contributed by atoms with Crippen molar-refractivity contribution in [2.75, 3.05) is 38.2 Å². The second kappa shape index (κ2) is 9.87. The highest BCUT2D eigenvalue weighted by Crippen LogP contribution is 2.33. The highest BCUT2D eigenvalue weighted by molar-refractivity contribution is 7.90. The molecule has 1 fully saturated rings. The minimum Gasteiger partial charge on any atom is -0.381 e. The highest BCUT2D eigenvalue weighted by Gasteiger charge is 2.28. The second-order valence-electron chi connectivity index (χ2n) is 8.44. The Balaban J connectivity index is 1.74. The number of anilines is 1. The number of primary amides is 1. The molecule has 0 atom stereocenters. The number of carbonyl (C=O) groups excluding carboxylic acids is 1. The summed E-state index contributed by atoms with van der Waals surface area (Å²) in [5, 5.41) is 0.347. The Morgan fingerprint density at radius 3 is 2.65 bits per heavy atom. The molecule has 4 rings (SSSR count). The van der Waals surface area contributed by atoms with Crippen LogP contribution in [-0.2, 0) is 26.3 Å². The van der Waals surface area contributed by atoms with E-state index in [1.807, 2.05) is 24.5 Å². The molecule has 0 aliphatic carbocycles. The predicted octanol–water partition coefficient (Wildman–Crippen LogP) is 2.28. The first-order valence-corrected chi connectivity index (χ1v) is 12.6. The van der Waals surface area contributed by atoms with Crippen molar-refractivity contribution in [1.29, 1.82) is 0 Å². The molecule has 1 aliphatic heterocycles. The van der Waals surface area contributed by atoms with Gasteiger partial charge in [0.15, 0.2) is 0 Å². The zero-order valence-electron chi connectivity index (χ0n) is 19.0. The summed E-state index contributed by atoms with van der Waals surface area (Å²) in [5.41, 5.74) is 8.47. The number of carbonyl (C=O) groups is 1. The van der Waals surface area contributed by atoms with Crippen LogP contribution in [-0.4, -0.2) is 67.0 Å². The molecule has 2 N–H and O–H groups in total. The van der Waals surface area contributed by atoms with E-state index in [-0.39, 0.29) is 5.82 Å². The van der Waals surface area contributed by atoms with Gasteiger partial charge in [-0.05, 0) is 42.5 Å². The lowest BCUT2D eigenvalue weighted by Crippen LogP contribution is -2.45. The van der Waals surface area contributed by atoms with E-state index in [1.54, 1.807) is 6.07 Å². The number of halogens is 1. The molecule has 10 nitrogen and oxygen atoms in total. The number of benzene rings is 1. The fraction of sp³-hybridized carbons (Fsp3) is 0.409. The molecular formula is C22H27ClN6O4S. The maximum atomic E-state index is 12.8. The van der Waals surface area contributed by atoms with E-state index in [2.05, 4.69) is 14.5 Å². The van der Waals surface area contributed by atoms with Gasteiger partial charge in [-0.25, -0.2) is 14.3 Å². The van der Waals surface area contributed by atoms with Gasteiger partial charge in [0.2, 0.25) is 5.91 Å². The zero-order valence-corrected chi connectivity index (χ0v) is 20.6. The number of imidazole rings is 1. The molecule has 0 saturated carbocycles. The summed E-state index contributed by atoms with van der Waals surface area (Å²) in [6.07, 6.45) is 5.22. The number of nitrogens with zero attached hydrogens (tertiary/aromatic N) is 5. The van der Waals surface area contributed by atoms with Gasteiger partial charge in [-0.15, -0.1) is 0 Å². The maximum absolute atomic E-state index is 12.8. The number of nitrogens with two attached hydrogens (primary N) is 1. The number of pyridine rings is 1. The summed E-state index contributed by atoms with van der Waals surface area (Å²) in [6, 6.07) is 7.30. The molecule has 1 amide bonds. The summed E-state index contributed by atoms with van der Waals surface area (Å²) in [5.74, 6) is -0.241. The van der Waals surface area contributed by atoms with Gasteiger partial charge < -0.3 is 15.0 Å². The van der Waals surface area contributed by atoms with Gasteiger partial charge in [-0.1, -0.05) is 17.7 Å². The number of ether oxygens (including phenoxy) is 1.